The molecule has 5 nitrogen and oxygen atoms in total. The molecule has 0 spiro atoms. The number of anilines is 2. The van der Waals surface area contributed by atoms with Crippen LogP contribution in [-0.2, 0) is 9.59 Å². The number of methoxy groups -OCH3 is 1. The summed E-state index contributed by atoms with van der Waals surface area (Å²) in [5.74, 6) is -0.0148. The van der Waals surface area contributed by atoms with Crippen molar-refractivity contribution >= 4 is 39.1 Å². The molecule has 0 aliphatic carbocycles. The molecule has 1 N–H and O–H groups in total. The molecule has 1 aliphatic heterocycles. The van der Waals surface area contributed by atoms with E-state index in [1.54, 1.807) is 24.1 Å². The number of nitrogens with zero attached hydrogens (tertiary/aromatic N) is 1. The van der Waals surface area contributed by atoms with Crippen LogP contribution in [0.25, 0.3) is 0 Å². The standard InChI is InChI=1S/C18H17BrN2O3/c1-24-16-8-3-2-7-15(16)20-18(23)12-9-17(22)21(11-12)14-6-4-5-13(19)10-14/h2-8,10,12H,9,11H2,1H3,(H,20,23)/t12-/m1/s1. The van der Waals surface area contributed by atoms with Crippen LogP contribution in [0.3, 0.4) is 0 Å². The highest BCUT2D eigenvalue weighted by Gasteiger charge is 2.35. The zero-order chi connectivity index (χ0) is 17.1. The number of para-hydroxylation sites is 2. The van der Waals surface area contributed by atoms with Crippen molar-refractivity contribution in [2.75, 3.05) is 23.9 Å². The van der Waals surface area contributed by atoms with Crippen LogP contribution in [0.1, 0.15) is 6.42 Å². The minimum Gasteiger partial charge on any atom is -0.495 e. The Morgan fingerprint density at radius 3 is 2.79 bits per heavy atom. The summed E-state index contributed by atoms with van der Waals surface area (Å²) in [4.78, 5) is 26.4. The lowest BCUT2D eigenvalue weighted by Gasteiger charge is -2.17. The van der Waals surface area contributed by atoms with E-state index < -0.39 is 0 Å². The van der Waals surface area contributed by atoms with Gasteiger partial charge in [-0.2, -0.15) is 0 Å². The quantitative estimate of drug-likeness (QED) is 0.872. The van der Waals surface area contributed by atoms with E-state index in [1.807, 2.05) is 36.4 Å². The molecule has 1 aliphatic rings. The van der Waals surface area contributed by atoms with Gasteiger partial charge >= 0.3 is 0 Å². The normalized spacial score (nSPS) is 17.0. The summed E-state index contributed by atoms with van der Waals surface area (Å²) in [6.45, 7) is 0.371. The van der Waals surface area contributed by atoms with Crippen LogP contribution in [0.15, 0.2) is 53.0 Å². The molecule has 0 saturated carbocycles. The monoisotopic (exact) mass is 388 g/mol. The fraction of sp³-hybridized carbons (Fsp3) is 0.222. The maximum absolute atomic E-state index is 12.5. The first-order chi connectivity index (χ1) is 11.6. The Morgan fingerprint density at radius 2 is 2.04 bits per heavy atom. The lowest BCUT2D eigenvalue weighted by Crippen LogP contribution is -2.28. The largest absolute Gasteiger partial charge is 0.495 e. The van der Waals surface area contributed by atoms with Gasteiger partial charge in [0.1, 0.15) is 5.75 Å². The number of hydrogen-bond acceptors (Lipinski definition) is 3. The smallest absolute Gasteiger partial charge is 0.229 e. The first kappa shape index (κ1) is 16.5. The number of ether oxygens (including phenoxy) is 1. The number of amides is 2. The van der Waals surface area contributed by atoms with E-state index in [4.69, 9.17) is 4.74 Å². The van der Waals surface area contributed by atoms with Crippen molar-refractivity contribution in [2.45, 2.75) is 6.42 Å². The topological polar surface area (TPSA) is 58.6 Å². The first-order valence-electron chi connectivity index (χ1n) is 7.58. The van der Waals surface area contributed by atoms with Gasteiger partial charge in [0.25, 0.3) is 0 Å². The molecule has 0 aromatic heterocycles. The van der Waals surface area contributed by atoms with Crippen LogP contribution in [0.4, 0.5) is 11.4 Å². The van der Waals surface area contributed by atoms with Crippen LogP contribution < -0.4 is 15.0 Å². The summed E-state index contributed by atoms with van der Waals surface area (Å²) in [7, 11) is 1.55. The van der Waals surface area contributed by atoms with Gasteiger partial charge in [0.2, 0.25) is 11.8 Å². The fourth-order valence-corrected chi connectivity index (χ4v) is 3.15. The Labute approximate surface area is 148 Å². The van der Waals surface area contributed by atoms with Crippen LogP contribution >= 0.6 is 15.9 Å². The van der Waals surface area contributed by atoms with E-state index in [2.05, 4.69) is 21.2 Å². The SMILES string of the molecule is COc1ccccc1NC(=O)[C@@H]1CC(=O)N(c2cccc(Br)c2)C1. The van der Waals surface area contributed by atoms with E-state index in [9.17, 15) is 9.59 Å². The predicted molar refractivity (Wildman–Crippen MR) is 96.2 cm³/mol. The maximum atomic E-state index is 12.5. The molecule has 3 rings (SSSR count). The minimum absolute atomic E-state index is 0.0479. The highest BCUT2D eigenvalue weighted by atomic mass is 79.9. The molecule has 2 aromatic rings. The van der Waals surface area contributed by atoms with Crippen molar-refractivity contribution in [3.8, 4) is 5.75 Å². The van der Waals surface area contributed by atoms with E-state index >= 15 is 0 Å². The Bertz CT molecular complexity index is 778. The molecular formula is C18H17BrN2O3. The number of benzene rings is 2. The highest BCUT2D eigenvalue weighted by Crippen LogP contribution is 2.29. The molecule has 1 atom stereocenters. The molecule has 124 valence electrons. The van der Waals surface area contributed by atoms with Crippen LogP contribution in [-0.4, -0.2) is 25.5 Å². The number of hydrogen-bond donors (Lipinski definition) is 1. The minimum atomic E-state index is -0.388. The zero-order valence-corrected chi connectivity index (χ0v) is 14.7. The number of rotatable bonds is 4. The maximum Gasteiger partial charge on any atom is 0.229 e. The van der Waals surface area contributed by atoms with Crippen molar-refractivity contribution in [1.29, 1.82) is 0 Å². The second kappa shape index (κ2) is 7.05. The number of carbonyl (C=O) groups is 2. The fourth-order valence-electron chi connectivity index (χ4n) is 2.76. The second-order valence-corrected chi connectivity index (χ2v) is 6.49. The molecule has 24 heavy (non-hydrogen) atoms. The second-order valence-electron chi connectivity index (χ2n) is 5.57. The number of halogens is 1. The van der Waals surface area contributed by atoms with Gasteiger partial charge in [-0.05, 0) is 30.3 Å². The zero-order valence-electron chi connectivity index (χ0n) is 13.2. The summed E-state index contributed by atoms with van der Waals surface area (Å²) in [5, 5.41) is 2.86. The van der Waals surface area contributed by atoms with Crippen molar-refractivity contribution in [3.05, 3.63) is 53.0 Å². The molecule has 1 fully saturated rings. The summed E-state index contributed by atoms with van der Waals surface area (Å²) in [6, 6.07) is 14.7. The van der Waals surface area contributed by atoms with Gasteiger partial charge < -0.3 is 15.0 Å². The van der Waals surface area contributed by atoms with Gasteiger partial charge in [-0.15, -0.1) is 0 Å². The van der Waals surface area contributed by atoms with Crippen molar-refractivity contribution < 1.29 is 14.3 Å². The summed E-state index contributed by atoms with van der Waals surface area (Å²) >= 11 is 3.40. The number of carbonyl (C=O) groups excluding carboxylic acids is 2. The molecular weight excluding hydrogens is 372 g/mol. The van der Waals surface area contributed by atoms with Gasteiger partial charge in [0.15, 0.2) is 0 Å². The highest BCUT2D eigenvalue weighted by molar-refractivity contribution is 9.10. The average Bonchev–Trinajstić information content (AvgIpc) is 2.97. The van der Waals surface area contributed by atoms with Crippen LogP contribution in [0, 0.1) is 5.92 Å². The predicted octanol–water partition coefficient (Wildman–Crippen LogP) is 3.45. The summed E-state index contributed by atoms with van der Waals surface area (Å²) in [5.41, 5.74) is 1.40. The molecule has 1 saturated heterocycles. The van der Waals surface area contributed by atoms with Gasteiger partial charge in [-0.1, -0.05) is 34.1 Å². The molecule has 0 radical (unpaired) electrons. The molecule has 1 heterocycles. The van der Waals surface area contributed by atoms with Gasteiger partial charge in [-0.3, -0.25) is 9.59 Å². The third kappa shape index (κ3) is 3.43. The van der Waals surface area contributed by atoms with E-state index in [0.29, 0.717) is 18.0 Å². The Morgan fingerprint density at radius 1 is 1.25 bits per heavy atom. The molecule has 2 amide bonds. The van der Waals surface area contributed by atoms with Gasteiger partial charge in [-0.25, -0.2) is 0 Å². The van der Waals surface area contributed by atoms with E-state index in [0.717, 1.165) is 10.2 Å². The third-order valence-electron chi connectivity index (χ3n) is 3.98. The number of nitrogens with one attached hydrogen (secondary N) is 1. The average molecular weight is 389 g/mol. The molecule has 6 heteroatoms. The van der Waals surface area contributed by atoms with Crippen molar-refractivity contribution in [3.63, 3.8) is 0 Å². The Hall–Kier alpha value is -2.34. The molecule has 0 bridgehead atoms. The molecule has 0 unspecified atom stereocenters. The third-order valence-corrected chi connectivity index (χ3v) is 4.47. The van der Waals surface area contributed by atoms with Gasteiger partial charge in [0.05, 0.1) is 18.7 Å². The van der Waals surface area contributed by atoms with Crippen LogP contribution in [0.5, 0.6) is 5.75 Å². The molecule has 2 aromatic carbocycles. The van der Waals surface area contributed by atoms with E-state index in [-0.39, 0.29) is 24.2 Å². The Balaban J connectivity index is 1.72. The van der Waals surface area contributed by atoms with Gasteiger partial charge in [0, 0.05) is 23.1 Å². The lowest BCUT2D eigenvalue weighted by atomic mass is 10.1. The van der Waals surface area contributed by atoms with Crippen LogP contribution in [0.2, 0.25) is 0 Å². The summed E-state index contributed by atoms with van der Waals surface area (Å²) < 4.78 is 6.13. The van der Waals surface area contributed by atoms with Crippen molar-refractivity contribution in [1.82, 2.24) is 0 Å². The van der Waals surface area contributed by atoms with Crippen molar-refractivity contribution in [2.24, 2.45) is 5.92 Å². The Kier molecular flexibility index (Phi) is 4.85. The first-order valence-corrected chi connectivity index (χ1v) is 8.37. The summed E-state index contributed by atoms with van der Waals surface area (Å²) in [6.07, 6.45) is 0.202. The van der Waals surface area contributed by atoms with E-state index in [1.165, 1.54) is 0 Å². The lowest BCUT2D eigenvalue weighted by molar-refractivity contribution is -0.122.